The van der Waals surface area contributed by atoms with E-state index in [1.807, 2.05) is 6.07 Å². The molecule has 3 nitrogen and oxygen atoms in total. The Balaban J connectivity index is 1.73. The maximum Gasteiger partial charge on any atom is 0.145 e. The molecular formula is C15H21FN2O. The first-order valence-corrected chi connectivity index (χ1v) is 7.11. The molecule has 1 unspecified atom stereocenters. The number of hydrogen-bond acceptors (Lipinski definition) is 3. The summed E-state index contributed by atoms with van der Waals surface area (Å²) in [6.07, 6.45) is 5.04. The van der Waals surface area contributed by atoms with Crippen LogP contribution >= 0.6 is 0 Å². The van der Waals surface area contributed by atoms with E-state index in [1.54, 1.807) is 7.11 Å². The molecule has 1 atom stereocenters. The molecule has 1 aliphatic carbocycles. The largest absolute Gasteiger partial charge is 0.494 e. The Hall–Kier alpha value is -1.29. The molecule has 1 saturated heterocycles. The number of nitrogens with one attached hydrogen (secondary N) is 1. The van der Waals surface area contributed by atoms with Gasteiger partial charge in [0.15, 0.2) is 0 Å². The van der Waals surface area contributed by atoms with E-state index in [0.717, 1.165) is 24.8 Å². The van der Waals surface area contributed by atoms with Crippen LogP contribution in [-0.4, -0.2) is 32.3 Å². The highest BCUT2D eigenvalue weighted by Gasteiger charge is 2.28. The van der Waals surface area contributed by atoms with Crippen LogP contribution in [-0.2, 0) is 0 Å². The van der Waals surface area contributed by atoms with Gasteiger partial charge in [-0.25, -0.2) is 4.39 Å². The second-order valence-corrected chi connectivity index (χ2v) is 5.54. The Morgan fingerprint density at radius 3 is 2.84 bits per heavy atom. The molecule has 2 fully saturated rings. The highest BCUT2D eigenvalue weighted by atomic mass is 19.1. The monoisotopic (exact) mass is 264 g/mol. The van der Waals surface area contributed by atoms with Crippen molar-refractivity contribution in [2.75, 3.05) is 25.1 Å². The van der Waals surface area contributed by atoms with Crippen LogP contribution in [0, 0.1) is 5.82 Å². The smallest absolute Gasteiger partial charge is 0.145 e. The van der Waals surface area contributed by atoms with Gasteiger partial charge in [-0.1, -0.05) is 0 Å². The van der Waals surface area contributed by atoms with Crippen molar-refractivity contribution in [1.82, 2.24) is 5.32 Å². The van der Waals surface area contributed by atoms with Crippen molar-refractivity contribution < 1.29 is 9.13 Å². The summed E-state index contributed by atoms with van der Waals surface area (Å²) in [5, 5.41) is 3.68. The van der Waals surface area contributed by atoms with Crippen molar-refractivity contribution in [3.05, 3.63) is 24.0 Å². The third-order valence-electron chi connectivity index (χ3n) is 3.95. The number of ether oxygens (including phenoxy) is 1. The molecule has 0 radical (unpaired) electrons. The highest BCUT2D eigenvalue weighted by molar-refractivity contribution is 5.59. The molecule has 1 aliphatic heterocycles. The van der Waals surface area contributed by atoms with Gasteiger partial charge in [-0.05, 0) is 37.8 Å². The lowest BCUT2D eigenvalue weighted by molar-refractivity contribution is 0.397. The maximum absolute atomic E-state index is 13.2. The molecule has 0 amide bonds. The number of benzene rings is 1. The van der Waals surface area contributed by atoms with Crippen molar-refractivity contribution in [3.63, 3.8) is 0 Å². The highest BCUT2D eigenvalue weighted by Crippen LogP contribution is 2.31. The average molecular weight is 264 g/mol. The number of anilines is 1. The quantitative estimate of drug-likeness (QED) is 0.904. The van der Waals surface area contributed by atoms with E-state index in [0.29, 0.717) is 11.8 Å². The van der Waals surface area contributed by atoms with Gasteiger partial charge in [0.1, 0.15) is 11.6 Å². The van der Waals surface area contributed by atoms with Gasteiger partial charge in [0.2, 0.25) is 0 Å². The molecule has 0 spiro atoms. The van der Waals surface area contributed by atoms with Gasteiger partial charge >= 0.3 is 0 Å². The van der Waals surface area contributed by atoms with Gasteiger partial charge in [-0.2, -0.15) is 0 Å². The fraction of sp³-hybridized carbons (Fsp3) is 0.600. The van der Waals surface area contributed by atoms with Crippen LogP contribution < -0.4 is 15.0 Å². The van der Waals surface area contributed by atoms with E-state index >= 15 is 0 Å². The molecule has 1 N–H and O–H groups in total. The molecule has 0 bridgehead atoms. The van der Waals surface area contributed by atoms with Crippen LogP contribution in [0.3, 0.4) is 0 Å². The predicted octanol–water partition coefficient (Wildman–Crippen LogP) is 2.56. The fourth-order valence-electron chi connectivity index (χ4n) is 2.83. The SMILES string of the molecule is COc1cc(F)ccc1N1CCCC(NC2CC2)C1. The van der Waals surface area contributed by atoms with Crippen LogP contribution in [0.15, 0.2) is 18.2 Å². The summed E-state index contributed by atoms with van der Waals surface area (Å²) < 4.78 is 18.6. The minimum atomic E-state index is -0.245. The minimum absolute atomic E-state index is 0.245. The zero-order chi connectivity index (χ0) is 13.2. The Morgan fingerprint density at radius 2 is 2.11 bits per heavy atom. The van der Waals surface area contributed by atoms with Crippen LogP contribution in [0.2, 0.25) is 0 Å². The van der Waals surface area contributed by atoms with Crippen LogP contribution in [0.4, 0.5) is 10.1 Å². The second-order valence-electron chi connectivity index (χ2n) is 5.54. The Bertz CT molecular complexity index is 448. The number of halogens is 1. The molecule has 104 valence electrons. The summed E-state index contributed by atoms with van der Waals surface area (Å²) in [4.78, 5) is 2.31. The molecule has 1 heterocycles. The van der Waals surface area contributed by atoms with Gasteiger partial charge in [0, 0.05) is 31.2 Å². The van der Waals surface area contributed by atoms with E-state index in [9.17, 15) is 4.39 Å². The summed E-state index contributed by atoms with van der Waals surface area (Å²) in [7, 11) is 1.60. The number of piperidine rings is 1. The molecule has 3 rings (SSSR count). The van der Waals surface area contributed by atoms with Crippen LogP contribution in [0.5, 0.6) is 5.75 Å². The third-order valence-corrected chi connectivity index (χ3v) is 3.95. The summed E-state index contributed by atoms with van der Waals surface area (Å²) in [5.41, 5.74) is 1.01. The van der Waals surface area contributed by atoms with E-state index < -0.39 is 0 Å². The number of hydrogen-bond donors (Lipinski definition) is 1. The van der Waals surface area contributed by atoms with Crippen LogP contribution in [0.25, 0.3) is 0 Å². The Morgan fingerprint density at radius 1 is 1.26 bits per heavy atom. The van der Waals surface area contributed by atoms with E-state index in [2.05, 4.69) is 10.2 Å². The number of rotatable bonds is 4. The lowest BCUT2D eigenvalue weighted by Crippen LogP contribution is -2.46. The van der Waals surface area contributed by atoms with E-state index in [-0.39, 0.29) is 5.82 Å². The molecule has 0 aromatic heterocycles. The van der Waals surface area contributed by atoms with Crippen molar-refractivity contribution >= 4 is 5.69 Å². The Labute approximate surface area is 113 Å². The lowest BCUT2D eigenvalue weighted by Gasteiger charge is -2.35. The maximum atomic E-state index is 13.2. The summed E-state index contributed by atoms with van der Waals surface area (Å²) in [6, 6.07) is 6.09. The van der Waals surface area contributed by atoms with Crippen LogP contribution in [0.1, 0.15) is 25.7 Å². The topological polar surface area (TPSA) is 24.5 Å². The molecule has 1 saturated carbocycles. The Kier molecular flexibility index (Phi) is 3.60. The first-order chi connectivity index (χ1) is 9.26. The summed E-state index contributed by atoms with van der Waals surface area (Å²) in [6.45, 7) is 2.00. The zero-order valence-corrected chi connectivity index (χ0v) is 11.4. The van der Waals surface area contributed by atoms with Gasteiger partial charge in [0.05, 0.1) is 12.8 Å². The van der Waals surface area contributed by atoms with E-state index in [4.69, 9.17) is 4.74 Å². The van der Waals surface area contributed by atoms with Gasteiger partial charge in [-0.15, -0.1) is 0 Å². The van der Waals surface area contributed by atoms with Crippen molar-refractivity contribution in [2.24, 2.45) is 0 Å². The van der Waals surface area contributed by atoms with Crippen molar-refractivity contribution in [1.29, 1.82) is 0 Å². The number of methoxy groups -OCH3 is 1. The standard InChI is InChI=1S/C15H21FN2O/c1-19-15-9-11(16)4-7-14(15)18-8-2-3-13(10-18)17-12-5-6-12/h4,7,9,12-13,17H,2-3,5-6,8,10H2,1H3. The molecule has 2 aliphatic rings. The summed E-state index contributed by atoms with van der Waals surface area (Å²) in [5.74, 6) is 0.386. The third kappa shape index (κ3) is 3.00. The first-order valence-electron chi connectivity index (χ1n) is 7.11. The predicted molar refractivity (Wildman–Crippen MR) is 74.3 cm³/mol. The van der Waals surface area contributed by atoms with Gasteiger partial charge < -0.3 is 15.0 Å². The lowest BCUT2D eigenvalue weighted by atomic mass is 10.0. The normalized spacial score (nSPS) is 23.5. The van der Waals surface area contributed by atoms with Gasteiger partial charge in [-0.3, -0.25) is 0 Å². The zero-order valence-electron chi connectivity index (χ0n) is 11.4. The molecular weight excluding hydrogens is 243 g/mol. The average Bonchev–Trinajstić information content (AvgIpc) is 3.23. The molecule has 1 aromatic rings. The summed E-state index contributed by atoms with van der Waals surface area (Å²) >= 11 is 0. The minimum Gasteiger partial charge on any atom is -0.494 e. The second kappa shape index (κ2) is 5.37. The van der Waals surface area contributed by atoms with E-state index in [1.165, 1.54) is 37.8 Å². The number of nitrogens with zero attached hydrogens (tertiary/aromatic N) is 1. The molecule has 19 heavy (non-hydrogen) atoms. The van der Waals surface area contributed by atoms with Crippen molar-refractivity contribution in [3.8, 4) is 5.75 Å². The van der Waals surface area contributed by atoms with Gasteiger partial charge in [0.25, 0.3) is 0 Å². The van der Waals surface area contributed by atoms with Crippen molar-refractivity contribution in [2.45, 2.75) is 37.8 Å². The fourth-order valence-corrected chi connectivity index (χ4v) is 2.83. The first kappa shape index (κ1) is 12.7. The molecule has 1 aromatic carbocycles. The molecule has 4 heteroatoms.